The highest BCUT2D eigenvalue weighted by Gasteiger charge is 2.61. The number of benzene rings is 3. The standard InChI is InChI=1S/C34H35Cl2F2N3O4/c1-6-14-45-32(43)19-10-13-25(26(15-19)44-5)40-31(42)30-28(21-8-7-9-23(36)29(21)38)34(18-39,27(41-30)17-33(2,3)4)22-12-11-20(35)16-24(22)37/h7-13,15-16,27-28,30,41H,6,14,17H2,1-5H3,(H,40,42)/t27-,28-,30+,34-/m0/s1. The molecule has 1 aliphatic heterocycles. The molecule has 0 aromatic heterocycles. The second kappa shape index (κ2) is 13.7. The number of nitrogens with one attached hydrogen (secondary N) is 2. The van der Waals surface area contributed by atoms with E-state index in [0.717, 1.165) is 6.07 Å². The largest absolute Gasteiger partial charge is 0.495 e. The molecule has 238 valence electrons. The molecule has 0 aliphatic carbocycles. The van der Waals surface area contributed by atoms with Gasteiger partial charge in [-0.3, -0.25) is 4.79 Å². The van der Waals surface area contributed by atoms with Crippen molar-refractivity contribution in [1.82, 2.24) is 5.32 Å². The number of carbonyl (C=O) groups is 2. The van der Waals surface area contributed by atoms with Crippen LogP contribution in [0.5, 0.6) is 5.75 Å². The SMILES string of the molecule is CCCOC(=O)c1ccc(NC(=O)[C@@H]2N[C@@H](CC(C)(C)C)[C@](C#N)(c3ccc(Cl)cc3F)[C@H]2c2cccc(Cl)c2F)c(OC)c1. The van der Waals surface area contributed by atoms with Crippen molar-refractivity contribution in [3.05, 3.63) is 93.0 Å². The van der Waals surface area contributed by atoms with Crippen LogP contribution in [0.25, 0.3) is 0 Å². The van der Waals surface area contributed by atoms with E-state index in [9.17, 15) is 14.9 Å². The molecular formula is C34H35Cl2F2N3O4. The molecule has 1 heterocycles. The molecule has 4 rings (SSSR count). The van der Waals surface area contributed by atoms with Crippen LogP contribution in [0.3, 0.4) is 0 Å². The van der Waals surface area contributed by atoms with Gasteiger partial charge in [0.15, 0.2) is 0 Å². The fourth-order valence-electron chi connectivity index (χ4n) is 5.97. The van der Waals surface area contributed by atoms with Gasteiger partial charge in [-0.05, 0) is 60.2 Å². The van der Waals surface area contributed by atoms with Crippen molar-refractivity contribution in [2.45, 2.75) is 64.0 Å². The van der Waals surface area contributed by atoms with E-state index in [-0.39, 0.29) is 44.8 Å². The van der Waals surface area contributed by atoms with Crippen molar-refractivity contribution in [3.63, 3.8) is 0 Å². The van der Waals surface area contributed by atoms with Gasteiger partial charge in [0.2, 0.25) is 5.91 Å². The van der Waals surface area contributed by atoms with E-state index in [1.165, 1.54) is 55.6 Å². The van der Waals surface area contributed by atoms with Crippen molar-refractivity contribution in [2.24, 2.45) is 5.41 Å². The van der Waals surface area contributed by atoms with Crippen LogP contribution in [0.4, 0.5) is 14.5 Å². The summed E-state index contributed by atoms with van der Waals surface area (Å²) in [7, 11) is 1.38. The third kappa shape index (κ3) is 6.94. The average Bonchev–Trinajstić information content (AvgIpc) is 3.30. The summed E-state index contributed by atoms with van der Waals surface area (Å²) in [5.41, 5.74) is -1.76. The molecule has 0 spiro atoms. The van der Waals surface area contributed by atoms with Gasteiger partial charge in [-0.25, -0.2) is 13.6 Å². The summed E-state index contributed by atoms with van der Waals surface area (Å²) in [6, 6.07) is 13.0. The number of halogens is 4. The topological polar surface area (TPSA) is 100 Å². The quantitative estimate of drug-likeness (QED) is 0.228. The van der Waals surface area contributed by atoms with E-state index >= 15 is 8.78 Å². The third-order valence-corrected chi connectivity index (χ3v) is 8.39. The molecule has 1 fully saturated rings. The smallest absolute Gasteiger partial charge is 0.338 e. The van der Waals surface area contributed by atoms with Crippen LogP contribution < -0.4 is 15.4 Å². The molecule has 0 saturated carbocycles. The normalized spacial score (nSPS) is 21.2. The summed E-state index contributed by atoms with van der Waals surface area (Å²) < 4.78 is 42.4. The van der Waals surface area contributed by atoms with Crippen LogP contribution in [-0.2, 0) is 14.9 Å². The number of amides is 1. The Kier molecular flexibility index (Phi) is 10.4. The molecule has 2 N–H and O–H groups in total. The van der Waals surface area contributed by atoms with Crippen molar-refractivity contribution >= 4 is 40.8 Å². The van der Waals surface area contributed by atoms with Crippen molar-refractivity contribution in [3.8, 4) is 11.8 Å². The monoisotopic (exact) mass is 657 g/mol. The van der Waals surface area contributed by atoms with Gasteiger partial charge < -0.3 is 20.1 Å². The zero-order valence-electron chi connectivity index (χ0n) is 25.6. The van der Waals surface area contributed by atoms with Crippen LogP contribution in [0.2, 0.25) is 10.0 Å². The van der Waals surface area contributed by atoms with E-state index in [2.05, 4.69) is 16.7 Å². The number of methoxy groups -OCH3 is 1. The van der Waals surface area contributed by atoms with E-state index in [0.29, 0.717) is 12.8 Å². The summed E-state index contributed by atoms with van der Waals surface area (Å²) in [6.07, 6.45) is 0.975. The highest BCUT2D eigenvalue weighted by Crippen LogP contribution is 2.53. The minimum atomic E-state index is -1.77. The third-order valence-electron chi connectivity index (χ3n) is 7.86. The molecule has 3 aromatic rings. The number of nitriles is 1. The van der Waals surface area contributed by atoms with Gasteiger partial charge >= 0.3 is 5.97 Å². The Hall–Kier alpha value is -3.71. The summed E-state index contributed by atoms with van der Waals surface area (Å²) in [5.74, 6) is -3.81. The number of nitrogens with zero attached hydrogens (tertiary/aromatic N) is 1. The number of hydrogen-bond donors (Lipinski definition) is 2. The van der Waals surface area contributed by atoms with Crippen LogP contribution in [0.15, 0.2) is 54.6 Å². The van der Waals surface area contributed by atoms with Gasteiger partial charge in [0.25, 0.3) is 0 Å². The predicted molar refractivity (Wildman–Crippen MR) is 170 cm³/mol. The number of ether oxygens (including phenoxy) is 2. The number of carbonyl (C=O) groups excluding carboxylic acids is 2. The molecule has 1 amide bonds. The molecule has 11 heteroatoms. The first-order chi connectivity index (χ1) is 21.3. The zero-order chi connectivity index (χ0) is 33.1. The molecule has 1 aliphatic rings. The number of hydrogen-bond acceptors (Lipinski definition) is 6. The predicted octanol–water partition coefficient (Wildman–Crippen LogP) is 7.81. The van der Waals surface area contributed by atoms with Crippen LogP contribution >= 0.6 is 23.2 Å². The summed E-state index contributed by atoms with van der Waals surface area (Å²) in [4.78, 5) is 26.6. The molecule has 4 atom stereocenters. The van der Waals surface area contributed by atoms with Gasteiger partial charge in [-0.1, -0.05) is 69.1 Å². The lowest BCUT2D eigenvalue weighted by molar-refractivity contribution is -0.118. The first-order valence-corrected chi connectivity index (χ1v) is 15.3. The molecule has 7 nitrogen and oxygen atoms in total. The van der Waals surface area contributed by atoms with Crippen molar-refractivity contribution < 1.29 is 27.8 Å². The van der Waals surface area contributed by atoms with Crippen LogP contribution in [0.1, 0.15) is 67.9 Å². The second-order valence-electron chi connectivity index (χ2n) is 12.2. The summed E-state index contributed by atoms with van der Waals surface area (Å²) in [6.45, 7) is 7.99. The minimum absolute atomic E-state index is 0.0246. The van der Waals surface area contributed by atoms with Crippen molar-refractivity contribution in [1.29, 1.82) is 5.26 Å². The lowest BCUT2D eigenvalue weighted by Crippen LogP contribution is -2.45. The van der Waals surface area contributed by atoms with E-state index in [1.807, 2.05) is 27.7 Å². The maximum Gasteiger partial charge on any atom is 0.338 e. The Labute approximate surface area is 271 Å². The number of rotatable bonds is 9. The minimum Gasteiger partial charge on any atom is -0.495 e. The first-order valence-electron chi connectivity index (χ1n) is 14.5. The lowest BCUT2D eigenvalue weighted by atomic mass is 9.62. The first kappa shape index (κ1) is 34.2. The maximum atomic E-state index is 15.9. The zero-order valence-corrected chi connectivity index (χ0v) is 27.2. The Morgan fingerprint density at radius 2 is 1.84 bits per heavy atom. The number of esters is 1. The van der Waals surface area contributed by atoms with Gasteiger partial charge in [-0.15, -0.1) is 0 Å². The molecule has 1 saturated heterocycles. The fourth-order valence-corrected chi connectivity index (χ4v) is 6.31. The van der Waals surface area contributed by atoms with Gasteiger partial charge in [-0.2, -0.15) is 5.26 Å². The number of anilines is 1. The Bertz CT molecular complexity index is 1640. The molecule has 0 radical (unpaired) electrons. The molecular weight excluding hydrogens is 623 g/mol. The van der Waals surface area contributed by atoms with E-state index in [4.69, 9.17) is 32.7 Å². The highest BCUT2D eigenvalue weighted by molar-refractivity contribution is 6.31. The van der Waals surface area contributed by atoms with Gasteiger partial charge in [0.05, 0.1) is 42.1 Å². The van der Waals surface area contributed by atoms with E-state index in [1.54, 1.807) is 0 Å². The summed E-state index contributed by atoms with van der Waals surface area (Å²) >= 11 is 12.3. The highest BCUT2D eigenvalue weighted by atomic mass is 35.5. The van der Waals surface area contributed by atoms with E-state index < -0.39 is 52.3 Å². The fraction of sp³-hybridized carbons (Fsp3) is 0.382. The van der Waals surface area contributed by atoms with Crippen LogP contribution in [-0.4, -0.2) is 37.7 Å². The average molecular weight is 659 g/mol. The van der Waals surface area contributed by atoms with Crippen molar-refractivity contribution in [2.75, 3.05) is 19.0 Å². The van der Waals surface area contributed by atoms with Gasteiger partial charge in [0, 0.05) is 22.5 Å². The molecule has 0 bridgehead atoms. The lowest BCUT2D eigenvalue weighted by Gasteiger charge is -2.37. The molecule has 3 aromatic carbocycles. The van der Waals surface area contributed by atoms with Crippen LogP contribution in [0, 0.1) is 28.4 Å². The maximum absolute atomic E-state index is 15.9. The molecule has 45 heavy (non-hydrogen) atoms. The Morgan fingerprint density at radius 3 is 2.47 bits per heavy atom. The van der Waals surface area contributed by atoms with Gasteiger partial charge in [0.1, 0.15) is 22.8 Å². The Morgan fingerprint density at radius 1 is 1.11 bits per heavy atom. The second-order valence-corrected chi connectivity index (χ2v) is 13.1. The molecule has 0 unspecified atom stereocenters. The Balaban J connectivity index is 1.88. The summed E-state index contributed by atoms with van der Waals surface area (Å²) in [5, 5.41) is 17.0.